The van der Waals surface area contributed by atoms with Gasteiger partial charge in [-0.25, -0.2) is 4.98 Å². The molecule has 0 bridgehead atoms. The van der Waals surface area contributed by atoms with E-state index >= 15 is 0 Å². The zero-order valence-corrected chi connectivity index (χ0v) is 19.7. The lowest BCUT2D eigenvalue weighted by molar-refractivity contribution is 0.373. The molecule has 7 nitrogen and oxygen atoms in total. The maximum atomic E-state index is 5.82. The first-order chi connectivity index (χ1) is 17.8. The molecule has 0 amide bonds. The molecule has 7 rings (SSSR count). The van der Waals surface area contributed by atoms with Crippen molar-refractivity contribution in [3.05, 3.63) is 89.8 Å². The van der Waals surface area contributed by atoms with Gasteiger partial charge in [0.2, 0.25) is 0 Å². The molecule has 0 atom stereocenters. The van der Waals surface area contributed by atoms with Crippen LogP contribution in [-0.2, 0) is 19.4 Å². The molecule has 0 saturated carbocycles. The third-order valence-electron chi connectivity index (χ3n) is 7.08. The summed E-state index contributed by atoms with van der Waals surface area (Å²) in [5, 5.41) is 14.5. The first-order valence-electron chi connectivity index (χ1n) is 12.3. The highest BCUT2D eigenvalue weighted by Gasteiger charge is 2.24. The van der Waals surface area contributed by atoms with E-state index in [2.05, 4.69) is 57.8 Å². The van der Waals surface area contributed by atoms with Gasteiger partial charge < -0.3 is 10.3 Å². The summed E-state index contributed by atoms with van der Waals surface area (Å²) in [6, 6.07) is 22.8. The summed E-state index contributed by atoms with van der Waals surface area (Å²) in [6.07, 6.45) is 6.15. The Labute approximate surface area is 207 Å². The van der Waals surface area contributed by atoms with Crippen molar-refractivity contribution in [3.63, 3.8) is 0 Å². The first-order valence-corrected chi connectivity index (χ1v) is 12.3. The summed E-state index contributed by atoms with van der Waals surface area (Å²) in [6.45, 7) is 0.513. The molecule has 7 heteroatoms. The van der Waals surface area contributed by atoms with E-state index in [4.69, 9.17) is 15.2 Å². The van der Waals surface area contributed by atoms with Crippen LogP contribution in [-0.4, -0.2) is 24.7 Å². The summed E-state index contributed by atoms with van der Waals surface area (Å²) >= 11 is 0. The highest BCUT2D eigenvalue weighted by molar-refractivity contribution is 5.98. The molecule has 0 aliphatic heterocycles. The van der Waals surface area contributed by atoms with Crippen molar-refractivity contribution in [2.24, 2.45) is 5.73 Å². The smallest absolute Gasteiger partial charge is 0.190 e. The van der Waals surface area contributed by atoms with Crippen molar-refractivity contribution < 1.29 is 4.52 Å². The van der Waals surface area contributed by atoms with Crippen molar-refractivity contribution in [3.8, 4) is 33.9 Å². The number of benzene rings is 2. The standard InChI is InChI=1S/C29H24N6O/c30-17-18-10-12-20(13-11-18)26-22(19-6-2-1-3-7-19)16-23-24(31-26)14-15-35-28(23)32-33-29(35)27-21-8-4-5-9-25(21)36-34-27/h1-3,6-7,10-16H,4-5,8-9,17,30H2. The van der Waals surface area contributed by atoms with Gasteiger partial charge >= 0.3 is 0 Å². The Hall–Kier alpha value is -4.36. The number of nitrogens with zero attached hydrogens (tertiary/aromatic N) is 5. The number of hydrogen-bond donors (Lipinski definition) is 1. The van der Waals surface area contributed by atoms with Gasteiger partial charge in [0.1, 0.15) is 5.76 Å². The Morgan fingerprint density at radius 2 is 1.69 bits per heavy atom. The summed E-state index contributed by atoms with van der Waals surface area (Å²) < 4.78 is 7.66. The Balaban J connectivity index is 1.45. The van der Waals surface area contributed by atoms with Crippen LogP contribution in [0.1, 0.15) is 29.7 Å². The molecule has 6 aromatic rings. The van der Waals surface area contributed by atoms with Crippen LogP contribution < -0.4 is 5.73 Å². The second-order valence-corrected chi connectivity index (χ2v) is 9.26. The number of aryl methyl sites for hydroxylation is 1. The second-order valence-electron chi connectivity index (χ2n) is 9.26. The molecular weight excluding hydrogens is 448 g/mol. The highest BCUT2D eigenvalue weighted by Crippen LogP contribution is 2.36. The minimum Gasteiger partial charge on any atom is -0.360 e. The third-order valence-corrected chi connectivity index (χ3v) is 7.08. The molecule has 0 spiro atoms. The van der Waals surface area contributed by atoms with Gasteiger partial charge in [-0.2, -0.15) is 0 Å². The molecule has 176 valence electrons. The van der Waals surface area contributed by atoms with Crippen molar-refractivity contribution >= 4 is 16.6 Å². The second kappa shape index (κ2) is 8.39. The monoisotopic (exact) mass is 472 g/mol. The van der Waals surface area contributed by atoms with Crippen LogP contribution in [0.25, 0.3) is 50.5 Å². The molecule has 0 unspecified atom stereocenters. The molecule has 2 aromatic carbocycles. The number of fused-ring (bicyclic) bond motifs is 4. The Kier molecular flexibility index (Phi) is 4.89. The van der Waals surface area contributed by atoms with Crippen LogP contribution in [0.4, 0.5) is 0 Å². The molecule has 0 radical (unpaired) electrons. The zero-order chi connectivity index (χ0) is 24.1. The molecule has 0 saturated heterocycles. The average molecular weight is 473 g/mol. The van der Waals surface area contributed by atoms with E-state index in [0.29, 0.717) is 12.4 Å². The lowest BCUT2D eigenvalue weighted by Gasteiger charge is -2.13. The fourth-order valence-electron chi connectivity index (χ4n) is 5.17. The van der Waals surface area contributed by atoms with Crippen LogP contribution in [0.3, 0.4) is 0 Å². The number of rotatable bonds is 4. The van der Waals surface area contributed by atoms with E-state index < -0.39 is 0 Å². The maximum Gasteiger partial charge on any atom is 0.190 e. The number of hydrogen-bond acceptors (Lipinski definition) is 6. The van der Waals surface area contributed by atoms with Gasteiger partial charge in [-0.05, 0) is 42.5 Å². The zero-order valence-electron chi connectivity index (χ0n) is 19.7. The highest BCUT2D eigenvalue weighted by atomic mass is 16.5. The van der Waals surface area contributed by atoms with E-state index in [1.165, 1.54) is 0 Å². The van der Waals surface area contributed by atoms with Crippen molar-refractivity contribution in [2.45, 2.75) is 32.2 Å². The minimum atomic E-state index is 0.513. The molecular formula is C29H24N6O. The average Bonchev–Trinajstić information content (AvgIpc) is 3.57. The van der Waals surface area contributed by atoms with Crippen LogP contribution in [0.15, 0.2) is 77.4 Å². The maximum absolute atomic E-state index is 5.82. The minimum absolute atomic E-state index is 0.513. The molecule has 4 aromatic heterocycles. The van der Waals surface area contributed by atoms with Crippen molar-refractivity contribution in [1.82, 2.24) is 24.7 Å². The van der Waals surface area contributed by atoms with Gasteiger partial charge in [0.25, 0.3) is 0 Å². The van der Waals surface area contributed by atoms with E-state index in [9.17, 15) is 0 Å². The third kappa shape index (κ3) is 3.31. The van der Waals surface area contributed by atoms with Crippen molar-refractivity contribution in [2.75, 3.05) is 0 Å². The van der Waals surface area contributed by atoms with Gasteiger partial charge in [-0.15, -0.1) is 10.2 Å². The first kappa shape index (κ1) is 21.0. The predicted octanol–water partition coefficient (Wildman–Crippen LogP) is 5.60. The van der Waals surface area contributed by atoms with Gasteiger partial charge in [-0.1, -0.05) is 59.8 Å². The van der Waals surface area contributed by atoms with Gasteiger partial charge in [0, 0.05) is 41.2 Å². The lowest BCUT2D eigenvalue weighted by Crippen LogP contribution is -2.01. The number of aromatic nitrogens is 5. The lowest BCUT2D eigenvalue weighted by atomic mass is 9.96. The van der Waals surface area contributed by atoms with Crippen LogP contribution in [0.2, 0.25) is 0 Å². The van der Waals surface area contributed by atoms with E-state index in [-0.39, 0.29) is 0 Å². The topological polar surface area (TPSA) is 95.1 Å². The van der Waals surface area contributed by atoms with E-state index in [0.717, 1.165) is 87.2 Å². The van der Waals surface area contributed by atoms with Gasteiger partial charge in [-0.3, -0.25) is 4.40 Å². The molecule has 2 N–H and O–H groups in total. The molecule has 1 aliphatic rings. The number of pyridine rings is 2. The summed E-state index contributed by atoms with van der Waals surface area (Å²) in [4.78, 5) is 5.12. The van der Waals surface area contributed by atoms with E-state index in [1.807, 2.05) is 34.9 Å². The molecule has 36 heavy (non-hydrogen) atoms. The van der Waals surface area contributed by atoms with Crippen LogP contribution >= 0.6 is 0 Å². The predicted molar refractivity (Wildman–Crippen MR) is 139 cm³/mol. The van der Waals surface area contributed by atoms with E-state index in [1.54, 1.807) is 0 Å². The van der Waals surface area contributed by atoms with Crippen LogP contribution in [0, 0.1) is 0 Å². The summed E-state index contributed by atoms with van der Waals surface area (Å²) in [7, 11) is 0. The Morgan fingerprint density at radius 3 is 2.53 bits per heavy atom. The summed E-state index contributed by atoms with van der Waals surface area (Å²) in [5.74, 6) is 1.69. The molecule has 4 heterocycles. The Morgan fingerprint density at radius 1 is 0.861 bits per heavy atom. The van der Waals surface area contributed by atoms with Crippen molar-refractivity contribution in [1.29, 1.82) is 0 Å². The molecule has 1 aliphatic carbocycles. The largest absolute Gasteiger partial charge is 0.360 e. The normalized spacial score (nSPS) is 13.4. The molecule has 0 fully saturated rings. The Bertz CT molecular complexity index is 1720. The summed E-state index contributed by atoms with van der Waals surface area (Å²) in [5.41, 5.74) is 14.6. The fraction of sp³-hybridized carbons (Fsp3) is 0.172. The fourth-order valence-corrected chi connectivity index (χ4v) is 5.17. The van der Waals surface area contributed by atoms with Crippen LogP contribution in [0.5, 0.6) is 0 Å². The SMILES string of the molecule is NCc1ccc(-c2nc3ccn4c(-c5noc6c5CCCC6)nnc4c3cc2-c2ccccc2)cc1. The number of nitrogens with two attached hydrogens (primary N) is 1. The van der Waals surface area contributed by atoms with Gasteiger partial charge in [0.15, 0.2) is 17.2 Å². The quantitative estimate of drug-likeness (QED) is 0.359. The van der Waals surface area contributed by atoms with Gasteiger partial charge in [0.05, 0.1) is 11.2 Å².